The lowest BCUT2D eigenvalue weighted by molar-refractivity contribution is -0.151. The summed E-state index contributed by atoms with van der Waals surface area (Å²) in [5.41, 5.74) is 0. The summed E-state index contributed by atoms with van der Waals surface area (Å²) in [6.07, 6.45) is 5.50. The fourth-order valence-corrected chi connectivity index (χ4v) is 3.13. The van der Waals surface area contributed by atoms with Gasteiger partial charge >= 0.3 is 0 Å². The molecule has 3 heterocycles. The van der Waals surface area contributed by atoms with Gasteiger partial charge in [0.05, 0.1) is 6.10 Å². The third-order valence-electron chi connectivity index (χ3n) is 4.06. The number of nitrogens with one attached hydrogen (secondary N) is 1. The minimum absolute atomic E-state index is 0. The number of carbonyl (C=O) groups excluding carboxylic acids is 1. The average molecular weight is 261 g/mol. The Morgan fingerprint density at radius 2 is 1.94 bits per heavy atom. The van der Waals surface area contributed by atoms with Gasteiger partial charge in [-0.25, -0.2) is 0 Å². The maximum absolute atomic E-state index is 12.2. The van der Waals surface area contributed by atoms with Crippen LogP contribution in [0.15, 0.2) is 0 Å². The SMILES string of the molecule is Cl.O=C([C@@H]1CC[C@H]2NCC[C@H]2O1)N1CCCC1. The zero-order valence-electron chi connectivity index (χ0n) is 10.1. The standard InChI is InChI=1S/C12H20N2O2.ClH/c15-12(14-7-1-2-8-14)11-4-3-9-10(16-11)5-6-13-9;/h9-11,13H,1-8H2;1H/t9-,10-,11+;/m1./s1. The second kappa shape index (κ2) is 5.55. The van der Waals surface area contributed by atoms with Crippen molar-refractivity contribution in [3.63, 3.8) is 0 Å². The topological polar surface area (TPSA) is 41.6 Å². The van der Waals surface area contributed by atoms with Crippen molar-refractivity contribution in [2.75, 3.05) is 19.6 Å². The van der Waals surface area contributed by atoms with Crippen LogP contribution in [0.1, 0.15) is 32.1 Å². The van der Waals surface area contributed by atoms with Gasteiger partial charge in [-0.2, -0.15) is 0 Å². The number of hydrogen-bond acceptors (Lipinski definition) is 3. The van der Waals surface area contributed by atoms with Crippen molar-refractivity contribution in [1.29, 1.82) is 0 Å². The fraction of sp³-hybridized carbons (Fsp3) is 0.917. The summed E-state index contributed by atoms with van der Waals surface area (Å²) >= 11 is 0. The molecule has 0 aliphatic carbocycles. The third-order valence-corrected chi connectivity index (χ3v) is 4.06. The van der Waals surface area contributed by atoms with Crippen molar-refractivity contribution < 1.29 is 9.53 Å². The lowest BCUT2D eigenvalue weighted by atomic mass is 9.99. The first kappa shape index (κ1) is 13.1. The number of ether oxygens (including phenoxy) is 1. The van der Waals surface area contributed by atoms with E-state index in [2.05, 4.69) is 5.32 Å². The van der Waals surface area contributed by atoms with E-state index in [9.17, 15) is 4.79 Å². The summed E-state index contributed by atoms with van der Waals surface area (Å²) < 4.78 is 5.93. The molecule has 17 heavy (non-hydrogen) atoms. The number of likely N-dealkylation sites (tertiary alicyclic amines) is 1. The molecule has 1 N–H and O–H groups in total. The summed E-state index contributed by atoms with van der Waals surface area (Å²) in [5, 5.41) is 3.44. The first-order valence-electron chi connectivity index (χ1n) is 6.52. The summed E-state index contributed by atoms with van der Waals surface area (Å²) in [5.74, 6) is 0.239. The van der Waals surface area contributed by atoms with E-state index in [1.165, 1.54) is 0 Å². The fourth-order valence-electron chi connectivity index (χ4n) is 3.13. The molecule has 3 fully saturated rings. The quantitative estimate of drug-likeness (QED) is 0.763. The van der Waals surface area contributed by atoms with Gasteiger partial charge in [-0.15, -0.1) is 12.4 Å². The summed E-state index contributed by atoms with van der Waals surface area (Å²) in [6, 6.07) is 0.502. The van der Waals surface area contributed by atoms with Gasteiger partial charge < -0.3 is 15.0 Å². The molecule has 0 radical (unpaired) electrons. The molecule has 1 amide bonds. The van der Waals surface area contributed by atoms with Gasteiger partial charge in [0.15, 0.2) is 0 Å². The van der Waals surface area contributed by atoms with Crippen molar-refractivity contribution in [2.24, 2.45) is 0 Å². The van der Waals surface area contributed by atoms with Crippen LogP contribution in [0.4, 0.5) is 0 Å². The van der Waals surface area contributed by atoms with Crippen molar-refractivity contribution in [3.8, 4) is 0 Å². The van der Waals surface area contributed by atoms with Gasteiger partial charge in [0, 0.05) is 19.1 Å². The summed E-state index contributed by atoms with van der Waals surface area (Å²) in [6.45, 7) is 2.91. The zero-order chi connectivity index (χ0) is 11.0. The lowest BCUT2D eigenvalue weighted by Gasteiger charge is -2.33. The summed E-state index contributed by atoms with van der Waals surface area (Å²) in [7, 11) is 0. The maximum atomic E-state index is 12.2. The average Bonchev–Trinajstić information content (AvgIpc) is 2.98. The highest BCUT2D eigenvalue weighted by molar-refractivity contribution is 5.85. The number of halogens is 1. The molecule has 0 unspecified atom stereocenters. The molecule has 0 spiro atoms. The maximum Gasteiger partial charge on any atom is 0.251 e. The number of amides is 1. The van der Waals surface area contributed by atoms with E-state index in [4.69, 9.17) is 4.74 Å². The lowest BCUT2D eigenvalue weighted by Crippen LogP contribution is -2.47. The first-order valence-corrected chi connectivity index (χ1v) is 6.52. The predicted molar refractivity (Wildman–Crippen MR) is 67.4 cm³/mol. The van der Waals surface area contributed by atoms with Crippen LogP contribution in [0, 0.1) is 0 Å². The largest absolute Gasteiger partial charge is 0.363 e. The van der Waals surface area contributed by atoms with Crippen LogP contribution >= 0.6 is 12.4 Å². The van der Waals surface area contributed by atoms with E-state index in [-0.39, 0.29) is 30.5 Å². The van der Waals surface area contributed by atoms with E-state index in [1.807, 2.05) is 4.90 Å². The van der Waals surface area contributed by atoms with E-state index < -0.39 is 0 Å². The molecule has 4 nitrogen and oxygen atoms in total. The van der Waals surface area contributed by atoms with E-state index in [0.29, 0.717) is 6.04 Å². The Labute approximate surface area is 108 Å². The molecule has 3 aliphatic rings. The van der Waals surface area contributed by atoms with Gasteiger partial charge in [0.2, 0.25) is 0 Å². The monoisotopic (exact) mass is 260 g/mol. The molecule has 3 saturated heterocycles. The van der Waals surface area contributed by atoms with Crippen molar-refractivity contribution in [3.05, 3.63) is 0 Å². The van der Waals surface area contributed by atoms with Crippen LogP contribution in [0.25, 0.3) is 0 Å². The van der Waals surface area contributed by atoms with Crippen molar-refractivity contribution in [1.82, 2.24) is 10.2 Å². The van der Waals surface area contributed by atoms with Gasteiger partial charge in [0.25, 0.3) is 5.91 Å². The molecule has 0 aromatic rings. The van der Waals surface area contributed by atoms with E-state index in [0.717, 1.165) is 51.7 Å². The van der Waals surface area contributed by atoms with Crippen LogP contribution < -0.4 is 5.32 Å². The van der Waals surface area contributed by atoms with Crippen LogP contribution in [0.2, 0.25) is 0 Å². The number of rotatable bonds is 1. The van der Waals surface area contributed by atoms with Crippen molar-refractivity contribution in [2.45, 2.75) is 50.4 Å². The number of fused-ring (bicyclic) bond motifs is 1. The van der Waals surface area contributed by atoms with Crippen LogP contribution in [0.5, 0.6) is 0 Å². The highest BCUT2D eigenvalue weighted by Crippen LogP contribution is 2.27. The molecule has 3 aliphatic heterocycles. The highest BCUT2D eigenvalue weighted by Gasteiger charge is 2.38. The smallest absolute Gasteiger partial charge is 0.251 e. The number of carbonyl (C=O) groups is 1. The molecule has 0 aromatic heterocycles. The molecule has 3 atom stereocenters. The minimum Gasteiger partial charge on any atom is -0.363 e. The van der Waals surface area contributed by atoms with Crippen molar-refractivity contribution >= 4 is 18.3 Å². The van der Waals surface area contributed by atoms with Gasteiger partial charge in [-0.1, -0.05) is 0 Å². The third kappa shape index (κ3) is 2.59. The number of nitrogens with zero attached hydrogens (tertiary/aromatic N) is 1. The number of hydrogen-bond donors (Lipinski definition) is 1. The highest BCUT2D eigenvalue weighted by atomic mass is 35.5. The summed E-state index contributed by atoms with van der Waals surface area (Å²) in [4.78, 5) is 14.1. The van der Waals surface area contributed by atoms with Gasteiger partial charge in [0.1, 0.15) is 6.10 Å². The van der Waals surface area contributed by atoms with Crippen LogP contribution in [-0.2, 0) is 9.53 Å². The second-order valence-electron chi connectivity index (χ2n) is 5.12. The van der Waals surface area contributed by atoms with Crippen LogP contribution in [0.3, 0.4) is 0 Å². The molecule has 5 heteroatoms. The predicted octanol–water partition coefficient (Wildman–Crippen LogP) is 0.940. The van der Waals surface area contributed by atoms with Crippen LogP contribution in [-0.4, -0.2) is 48.7 Å². The zero-order valence-corrected chi connectivity index (χ0v) is 10.9. The Kier molecular flexibility index (Phi) is 4.28. The van der Waals surface area contributed by atoms with E-state index in [1.54, 1.807) is 0 Å². The molecular weight excluding hydrogens is 240 g/mol. The Balaban J connectivity index is 0.00000108. The first-order chi connectivity index (χ1) is 7.84. The molecule has 0 bridgehead atoms. The minimum atomic E-state index is -0.153. The molecule has 0 saturated carbocycles. The Hall–Kier alpha value is -0.320. The molecule has 3 rings (SSSR count). The molecule has 98 valence electrons. The Morgan fingerprint density at radius 3 is 2.71 bits per heavy atom. The van der Waals surface area contributed by atoms with Gasteiger partial charge in [-0.05, 0) is 38.6 Å². The normalized spacial score (nSPS) is 36.5. The Morgan fingerprint density at radius 1 is 1.18 bits per heavy atom. The van der Waals surface area contributed by atoms with Gasteiger partial charge in [-0.3, -0.25) is 4.79 Å². The van der Waals surface area contributed by atoms with E-state index >= 15 is 0 Å². The second-order valence-corrected chi connectivity index (χ2v) is 5.12. The molecular formula is C12H21ClN2O2. The Bertz CT molecular complexity index is 282. The molecule has 0 aromatic carbocycles.